The van der Waals surface area contributed by atoms with Gasteiger partial charge >= 0.3 is 0 Å². The van der Waals surface area contributed by atoms with E-state index in [1.165, 1.54) is 0 Å². The molecule has 4 nitrogen and oxygen atoms in total. The number of hydrogen-bond acceptors (Lipinski definition) is 4. The van der Waals surface area contributed by atoms with Crippen molar-refractivity contribution in [2.75, 3.05) is 13.2 Å². The van der Waals surface area contributed by atoms with Gasteiger partial charge in [-0.1, -0.05) is 0 Å². The number of furan rings is 1. The van der Waals surface area contributed by atoms with Crippen LogP contribution in [0.15, 0.2) is 19.6 Å². The molecule has 1 aromatic rings. The average molecular weight is 370 g/mol. The third-order valence-electron chi connectivity index (χ3n) is 2.52. The van der Waals surface area contributed by atoms with Crippen LogP contribution in [-0.4, -0.2) is 24.3 Å². The Labute approximate surface area is 118 Å². The summed E-state index contributed by atoms with van der Waals surface area (Å²) in [6, 6.07) is 2.19. The second kappa shape index (κ2) is 7.53. The molecule has 0 amide bonds. The third-order valence-corrected chi connectivity index (χ3v) is 4.23. The largest absolute Gasteiger partial charge is 0.451 e. The van der Waals surface area contributed by atoms with E-state index in [1.807, 2.05) is 6.07 Å². The molecule has 0 radical (unpaired) electrons. The number of hydrogen-bond donors (Lipinski definition) is 3. The molecule has 1 aromatic heterocycles. The van der Waals surface area contributed by atoms with Crippen LogP contribution >= 0.6 is 31.9 Å². The fourth-order valence-corrected chi connectivity index (χ4v) is 2.23. The van der Waals surface area contributed by atoms with Gasteiger partial charge in [0.2, 0.25) is 0 Å². The zero-order chi connectivity index (χ0) is 12.8. The molecular formula is C11H18Br2N2O2. The lowest BCUT2D eigenvalue weighted by molar-refractivity contribution is 0.271. The van der Waals surface area contributed by atoms with Crippen molar-refractivity contribution in [3.63, 3.8) is 0 Å². The summed E-state index contributed by atoms with van der Waals surface area (Å²) in [7, 11) is 0. The number of rotatable bonds is 7. The van der Waals surface area contributed by atoms with Crippen LogP contribution in [0.4, 0.5) is 0 Å². The number of nitrogens with two attached hydrogens (primary N) is 1. The summed E-state index contributed by atoms with van der Waals surface area (Å²) < 4.78 is 7.11. The lowest BCUT2D eigenvalue weighted by Crippen LogP contribution is -2.34. The van der Waals surface area contributed by atoms with Gasteiger partial charge in [-0.2, -0.15) is 0 Å². The molecule has 17 heavy (non-hydrogen) atoms. The number of halogens is 2. The Morgan fingerprint density at radius 1 is 1.53 bits per heavy atom. The molecule has 0 fully saturated rings. The predicted octanol–water partition coefficient (Wildman–Crippen LogP) is 2.55. The molecule has 1 heterocycles. The van der Waals surface area contributed by atoms with E-state index in [0.717, 1.165) is 23.1 Å². The average Bonchev–Trinajstić information content (AvgIpc) is 2.63. The zero-order valence-electron chi connectivity index (χ0n) is 9.75. The Morgan fingerprint density at radius 3 is 2.71 bits per heavy atom. The molecule has 0 aliphatic rings. The fraction of sp³-hybridized carbons (Fsp3) is 0.636. The Morgan fingerprint density at radius 2 is 2.24 bits per heavy atom. The minimum atomic E-state index is -0.00806. The Bertz CT molecular complexity index is 325. The lowest BCUT2D eigenvalue weighted by atomic mass is 10.1. The Hall–Kier alpha value is 0.120. The van der Waals surface area contributed by atoms with E-state index >= 15 is 0 Å². The molecular weight excluding hydrogens is 352 g/mol. The molecule has 0 aliphatic heterocycles. The van der Waals surface area contributed by atoms with Crippen molar-refractivity contribution in [2.24, 2.45) is 5.73 Å². The van der Waals surface area contributed by atoms with Gasteiger partial charge in [-0.3, -0.25) is 0 Å². The van der Waals surface area contributed by atoms with Crippen molar-refractivity contribution < 1.29 is 9.52 Å². The second-order valence-electron chi connectivity index (χ2n) is 3.99. The van der Waals surface area contributed by atoms with Gasteiger partial charge in [0.25, 0.3) is 0 Å². The standard InChI is InChI=1S/C11H18Br2N2O2/c1-7(3-2-4-16)15-9(6-14)10-5-8(12)11(13)17-10/h5,7,9,15-16H,2-4,6,14H2,1H3. The molecule has 4 N–H and O–H groups in total. The molecule has 0 saturated carbocycles. The summed E-state index contributed by atoms with van der Waals surface area (Å²) in [4.78, 5) is 0. The first-order valence-corrected chi connectivity index (χ1v) is 7.18. The number of aliphatic hydroxyl groups is 1. The zero-order valence-corrected chi connectivity index (χ0v) is 12.9. The first-order valence-electron chi connectivity index (χ1n) is 5.60. The molecule has 2 atom stereocenters. The van der Waals surface area contributed by atoms with Gasteiger partial charge in [-0.05, 0) is 57.7 Å². The van der Waals surface area contributed by atoms with Crippen LogP contribution in [0.3, 0.4) is 0 Å². The summed E-state index contributed by atoms with van der Waals surface area (Å²) in [5.41, 5.74) is 5.74. The summed E-state index contributed by atoms with van der Waals surface area (Å²) in [6.45, 7) is 2.76. The minimum absolute atomic E-state index is 0.00806. The van der Waals surface area contributed by atoms with Crippen molar-refractivity contribution in [3.05, 3.63) is 21.0 Å². The van der Waals surface area contributed by atoms with Crippen LogP contribution in [-0.2, 0) is 0 Å². The van der Waals surface area contributed by atoms with Gasteiger partial charge in [-0.25, -0.2) is 0 Å². The second-order valence-corrected chi connectivity index (χ2v) is 5.57. The highest BCUT2D eigenvalue weighted by molar-refractivity contribution is 9.13. The van der Waals surface area contributed by atoms with Gasteiger partial charge in [0.15, 0.2) is 4.67 Å². The maximum atomic E-state index is 8.78. The summed E-state index contributed by atoms with van der Waals surface area (Å²) in [6.07, 6.45) is 1.70. The Balaban J connectivity index is 2.59. The van der Waals surface area contributed by atoms with Crippen LogP contribution in [0.1, 0.15) is 31.6 Å². The molecule has 6 heteroatoms. The van der Waals surface area contributed by atoms with E-state index < -0.39 is 0 Å². The molecule has 2 unspecified atom stereocenters. The van der Waals surface area contributed by atoms with E-state index in [9.17, 15) is 0 Å². The van der Waals surface area contributed by atoms with Crippen LogP contribution in [0.2, 0.25) is 0 Å². The highest BCUT2D eigenvalue weighted by Gasteiger charge is 2.18. The van der Waals surface area contributed by atoms with E-state index in [0.29, 0.717) is 17.3 Å². The van der Waals surface area contributed by atoms with E-state index in [1.54, 1.807) is 0 Å². The maximum absolute atomic E-state index is 8.78. The van der Waals surface area contributed by atoms with Gasteiger partial charge in [0, 0.05) is 19.2 Å². The van der Waals surface area contributed by atoms with Gasteiger partial charge in [0.1, 0.15) is 5.76 Å². The van der Waals surface area contributed by atoms with Crippen LogP contribution in [0.5, 0.6) is 0 Å². The summed E-state index contributed by atoms with van der Waals surface area (Å²) in [5.74, 6) is 0.807. The molecule has 1 rings (SSSR count). The predicted molar refractivity (Wildman–Crippen MR) is 74.8 cm³/mol. The molecule has 0 saturated heterocycles. The molecule has 0 aromatic carbocycles. The van der Waals surface area contributed by atoms with Crippen molar-refractivity contribution in [1.82, 2.24) is 5.32 Å². The smallest absolute Gasteiger partial charge is 0.183 e. The molecule has 0 spiro atoms. The van der Waals surface area contributed by atoms with Crippen molar-refractivity contribution in [1.29, 1.82) is 0 Å². The monoisotopic (exact) mass is 368 g/mol. The van der Waals surface area contributed by atoms with Crippen LogP contribution < -0.4 is 11.1 Å². The SMILES string of the molecule is CC(CCCO)NC(CN)c1cc(Br)c(Br)o1. The molecule has 98 valence electrons. The molecule has 0 aliphatic carbocycles. The van der Waals surface area contributed by atoms with Gasteiger partial charge < -0.3 is 20.6 Å². The quantitative estimate of drug-likeness (QED) is 0.690. The first kappa shape index (κ1) is 15.2. The fourth-order valence-electron chi connectivity index (χ4n) is 1.63. The van der Waals surface area contributed by atoms with Crippen molar-refractivity contribution in [3.8, 4) is 0 Å². The normalized spacial score (nSPS) is 14.9. The third kappa shape index (κ3) is 4.71. The summed E-state index contributed by atoms with van der Waals surface area (Å²) in [5, 5.41) is 12.2. The first-order chi connectivity index (χ1) is 8.08. The van der Waals surface area contributed by atoms with Gasteiger partial charge in [-0.15, -0.1) is 0 Å². The highest BCUT2D eigenvalue weighted by Crippen LogP contribution is 2.29. The van der Waals surface area contributed by atoms with E-state index in [-0.39, 0.29) is 12.6 Å². The Kier molecular flexibility index (Phi) is 6.72. The minimum Gasteiger partial charge on any atom is -0.451 e. The molecule has 0 bridgehead atoms. The maximum Gasteiger partial charge on any atom is 0.183 e. The van der Waals surface area contributed by atoms with Gasteiger partial charge in [0.05, 0.1) is 10.5 Å². The van der Waals surface area contributed by atoms with E-state index in [4.69, 9.17) is 15.3 Å². The lowest BCUT2D eigenvalue weighted by Gasteiger charge is -2.20. The number of nitrogens with one attached hydrogen (secondary N) is 1. The highest BCUT2D eigenvalue weighted by atomic mass is 79.9. The van der Waals surface area contributed by atoms with Crippen LogP contribution in [0.25, 0.3) is 0 Å². The van der Waals surface area contributed by atoms with E-state index in [2.05, 4.69) is 44.1 Å². The summed E-state index contributed by atoms with van der Waals surface area (Å²) >= 11 is 6.69. The van der Waals surface area contributed by atoms with Crippen molar-refractivity contribution in [2.45, 2.75) is 31.8 Å². The van der Waals surface area contributed by atoms with Crippen molar-refractivity contribution >= 4 is 31.9 Å². The van der Waals surface area contributed by atoms with Crippen LogP contribution in [0, 0.1) is 0 Å². The topological polar surface area (TPSA) is 71.4 Å². The number of aliphatic hydroxyl groups excluding tert-OH is 1.